The van der Waals surface area contributed by atoms with Crippen molar-refractivity contribution in [1.29, 1.82) is 0 Å². The highest BCUT2D eigenvalue weighted by atomic mass is 35.5. The normalized spacial score (nSPS) is 10.9. The van der Waals surface area contributed by atoms with Gasteiger partial charge in [0.15, 0.2) is 0 Å². The molecule has 0 heterocycles. The number of halogens is 3. The van der Waals surface area contributed by atoms with Crippen LogP contribution < -0.4 is 4.74 Å². The van der Waals surface area contributed by atoms with Crippen molar-refractivity contribution in [3.05, 3.63) is 57.8 Å². The molecule has 20 heavy (non-hydrogen) atoms. The van der Waals surface area contributed by atoms with Crippen LogP contribution in [0.5, 0.6) is 11.5 Å². The van der Waals surface area contributed by atoms with Crippen LogP contribution in [-0.2, 0) is 6.54 Å². The van der Waals surface area contributed by atoms with E-state index in [1.165, 1.54) is 12.1 Å². The molecule has 2 aromatic carbocycles. The third-order valence-corrected chi connectivity index (χ3v) is 3.37. The van der Waals surface area contributed by atoms with E-state index in [0.717, 1.165) is 5.56 Å². The highest BCUT2D eigenvalue weighted by molar-refractivity contribution is 6.42. The zero-order chi connectivity index (χ0) is 14.7. The number of ether oxygens (including phenoxy) is 1. The molecule has 0 saturated carbocycles. The van der Waals surface area contributed by atoms with E-state index in [4.69, 9.17) is 27.9 Å². The summed E-state index contributed by atoms with van der Waals surface area (Å²) in [5.74, 6) is 0.868. The molecule has 0 fully saturated rings. The van der Waals surface area contributed by atoms with Gasteiger partial charge in [0.05, 0.1) is 10.0 Å². The van der Waals surface area contributed by atoms with Gasteiger partial charge in [-0.15, -0.1) is 0 Å². The van der Waals surface area contributed by atoms with Gasteiger partial charge in [-0.2, -0.15) is 0 Å². The van der Waals surface area contributed by atoms with Crippen LogP contribution in [0.15, 0.2) is 36.4 Å². The minimum Gasteiger partial charge on any atom is -0.457 e. The smallest absolute Gasteiger partial charge is 0.132 e. The largest absolute Gasteiger partial charge is 0.457 e. The number of hydrogen-bond acceptors (Lipinski definition) is 2. The van der Waals surface area contributed by atoms with Crippen molar-refractivity contribution in [3.8, 4) is 11.5 Å². The molecule has 0 radical (unpaired) electrons. The van der Waals surface area contributed by atoms with Crippen molar-refractivity contribution >= 4 is 23.2 Å². The molecule has 2 rings (SSSR count). The first-order chi connectivity index (χ1) is 9.45. The molecular formula is C15H14Cl2FNO. The molecule has 106 valence electrons. The van der Waals surface area contributed by atoms with E-state index in [2.05, 4.69) is 0 Å². The van der Waals surface area contributed by atoms with E-state index >= 15 is 0 Å². The van der Waals surface area contributed by atoms with Crippen molar-refractivity contribution in [2.75, 3.05) is 14.1 Å². The zero-order valence-corrected chi connectivity index (χ0v) is 12.7. The Labute approximate surface area is 127 Å². The van der Waals surface area contributed by atoms with Crippen molar-refractivity contribution in [2.24, 2.45) is 0 Å². The molecule has 0 aliphatic heterocycles. The lowest BCUT2D eigenvalue weighted by Gasteiger charge is -2.15. The fraction of sp³-hybridized carbons (Fsp3) is 0.200. The number of benzene rings is 2. The summed E-state index contributed by atoms with van der Waals surface area (Å²) < 4.78 is 19.1. The van der Waals surface area contributed by atoms with E-state index in [-0.39, 0.29) is 5.82 Å². The maximum Gasteiger partial charge on any atom is 0.132 e. The van der Waals surface area contributed by atoms with Crippen LogP contribution in [0.25, 0.3) is 0 Å². The second-order valence-corrected chi connectivity index (χ2v) is 5.48. The Morgan fingerprint density at radius 3 is 2.45 bits per heavy atom. The van der Waals surface area contributed by atoms with E-state index < -0.39 is 0 Å². The third-order valence-electron chi connectivity index (χ3n) is 2.63. The summed E-state index contributed by atoms with van der Waals surface area (Å²) in [6.45, 7) is 0.578. The highest BCUT2D eigenvalue weighted by Crippen LogP contribution is 2.31. The van der Waals surface area contributed by atoms with Crippen LogP contribution in [-0.4, -0.2) is 19.0 Å². The average molecular weight is 314 g/mol. The summed E-state index contributed by atoms with van der Waals surface area (Å²) in [6.07, 6.45) is 0. The Balaban J connectivity index is 2.30. The van der Waals surface area contributed by atoms with Gasteiger partial charge in [-0.05, 0) is 44.4 Å². The van der Waals surface area contributed by atoms with E-state index in [0.29, 0.717) is 28.1 Å². The molecule has 0 aliphatic rings. The van der Waals surface area contributed by atoms with Crippen LogP contribution >= 0.6 is 23.2 Å². The quantitative estimate of drug-likeness (QED) is 0.788. The Bertz CT molecular complexity index is 617. The Kier molecular flexibility index (Phi) is 4.86. The van der Waals surface area contributed by atoms with E-state index in [1.54, 1.807) is 24.3 Å². The molecule has 5 heteroatoms. The Morgan fingerprint density at radius 1 is 1.05 bits per heavy atom. The topological polar surface area (TPSA) is 12.5 Å². The molecule has 0 unspecified atom stereocenters. The second-order valence-electron chi connectivity index (χ2n) is 4.67. The predicted molar refractivity (Wildman–Crippen MR) is 80.3 cm³/mol. The standard InChI is InChI=1S/C15H14Cl2FNO/c1-19(2)9-10-7-11(18)3-6-15(10)20-12-4-5-13(16)14(17)8-12/h3-8H,9H2,1-2H3. The summed E-state index contributed by atoms with van der Waals surface area (Å²) in [7, 11) is 3.82. The fourth-order valence-electron chi connectivity index (χ4n) is 1.78. The van der Waals surface area contributed by atoms with Crippen LogP contribution in [0.2, 0.25) is 10.0 Å². The molecule has 0 saturated heterocycles. The van der Waals surface area contributed by atoms with Crippen LogP contribution in [0.1, 0.15) is 5.56 Å². The van der Waals surface area contributed by atoms with Crippen molar-refractivity contribution in [3.63, 3.8) is 0 Å². The fourth-order valence-corrected chi connectivity index (χ4v) is 2.07. The summed E-state index contributed by atoms with van der Waals surface area (Å²) in [5.41, 5.74) is 0.765. The lowest BCUT2D eigenvalue weighted by Crippen LogP contribution is -2.11. The van der Waals surface area contributed by atoms with Gasteiger partial charge in [-0.25, -0.2) is 4.39 Å². The van der Waals surface area contributed by atoms with Crippen LogP contribution in [0.3, 0.4) is 0 Å². The molecule has 0 aliphatic carbocycles. The third kappa shape index (κ3) is 3.85. The zero-order valence-electron chi connectivity index (χ0n) is 11.2. The first-order valence-electron chi connectivity index (χ1n) is 6.02. The lowest BCUT2D eigenvalue weighted by molar-refractivity contribution is 0.387. The number of rotatable bonds is 4. The van der Waals surface area contributed by atoms with Gasteiger partial charge in [0.1, 0.15) is 17.3 Å². The molecule has 2 nitrogen and oxygen atoms in total. The minimum absolute atomic E-state index is 0.289. The van der Waals surface area contributed by atoms with Crippen LogP contribution in [0.4, 0.5) is 4.39 Å². The molecule has 0 amide bonds. The highest BCUT2D eigenvalue weighted by Gasteiger charge is 2.09. The summed E-state index contributed by atoms with van der Waals surface area (Å²) in [6, 6.07) is 9.45. The maximum atomic E-state index is 13.3. The maximum absolute atomic E-state index is 13.3. The first-order valence-corrected chi connectivity index (χ1v) is 6.77. The number of hydrogen-bond donors (Lipinski definition) is 0. The molecule has 0 bridgehead atoms. The molecule has 0 spiro atoms. The minimum atomic E-state index is -0.289. The van der Waals surface area contributed by atoms with Crippen molar-refractivity contribution in [2.45, 2.75) is 6.54 Å². The molecule has 0 N–H and O–H groups in total. The first kappa shape index (κ1) is 15.1. The molecule has 0 aromatic heterocycles. The molecule has 0 atom stereocenters. The Morgan fingerprint density at radius 2 is 1.80 bits per heavy atom. The van der Waals surface area contributed by atoms with Crippen molar-refractivity contribution < 1.29 is 9.13 Å². The summed E-state index contributed by atoms with van der Waals surface area (Å²) in [5, 5.41) is 0.882. The van der Waals surface area contributed by atoms with Crippen LogP contribution in [0, 0.1) is 5.82 Å². The number of nitrogens with zero attached hydrogens (tertiary/aromatic N) is 1. The lowest BCUT2D eigenvalue weighted by atomic mass is 10.2. The Hall–Kier alpha value is -1.29. The predicted octanol–water partition coefficient (Wildman–Crippen LogP) is 4.99. The van der Waals surface area contributed by atoms with Gasteiger partial charge >= 0.3 is 0 Å². The summed E-state index contributed by atoms with van der Waals surface area (Å²) >= 11 is 11.8. The SMILES string of the molecule is CN(C)Cc1cc(F)ccc1Oc1ccc(Cl)c(Cl)c1. The molecular weight excluding hydrogens is 300 g/mol. The van der Waals surface area contributed by atoms with Gasteiger partial charge in [-0.1, -0.05) is 23.2 Å². The van der Waals surface area contributed by atoms with Gasteiger partial charge in [0, 0.05) is 18.2 Å². The van der Waals surface area contributed by atoms with Crippen molar-refractivity contribution in [1.82, 2.24) is 4.90 Å². The van der Waals surface area contributed by atoms with Gasteiger partial charge in [-0.3, -0.25) is 0 Å². The van der Waals surface area contributed by atoms with Gasteiger partial charge < -0.3 is 9.64 Å². The second kappa shape index (κ2) is 6.44. The molecule has 2 aromatic rings. The summed E-state index contributed by atoms with van der Waals surface area (Å²) in [4.78, 5) is 1.94. The van der Waals surface area contributed by atoms with Gasteiger partial charge in [0.2, 0.25) is 0 Å². The monoisotopic (exact) mass is 313 g/mol. The average Bonchev–Trinajstić information content (AvgIpc) is 2.36. The van der Waals surface area contributed by atoms with E-state index in [9.17, 15) is 4.39 Å². The van der Waals surface area contributed by atoms with Gasteiger partial charge in [0.25, 0.3) is 0 Å². The van der Waals surface area contributed by atoms with E-state index in [1.807, 2.05) is 19.0 Å².